The normalized spacial score (nSPS) is 24.7. The van der Waals surface area contributed by atoms with Crippen LogP contribution in [0.25, 0.3) is 28.0 Å². The van der Waals surface area contributed by atoms with Crippen LogP contribution >= 0.6 is 23.2 Å². The fourth-order valence-corrected chi connectivity index (χ4v) is 7.13. The lowest BCUT2D eigenvalue weighted by atomic mass is 10.0. The van der Waals surface area contributed by atoms with Gasteiger partial charge in [-0.3, -0.25) is 9.69 Å². The van der Waals surface area contributed by atoms with Crippen LogP contribution in [-0.4, -0.2) is 70.3 Å². The molecule has 2 aliphatic heterocycles. The molecule has 8 nitrogen and oxygen atoms in total. The predicted molar refractivity (Wildman–Crippen MR) is 152 cm³/mol. The quantitative estimate of drug-likeness (QED) is 0.390. The minimum atomic E-state index is -0.581. The molecule has 2 aromatic carbocycles. The molecule has 200 valence electrons. The minimum absolute atomic E-state index is 0.172. The van der Waals surface area contributed by atoms with Crippen molar-refractivity contribution in [1.82, 2.24) is 19.5 Å². The molecule has 4 heterocycles. The van der Waals surface area contributed by atoms with Crippen LogP contribution in [0.15, 0.2) is 54.6 Å². The van der Waals surface area contributed by atoms with Crippen LogP contribution in [0.5, 0.6) is 0 Å². The van der Waals surface area contributed by atoms with Gasteiger partial charge in [-0.1, -0.05) is 53.5 Å². The second-order valence-corrected chi connectivity index (χ2v) is 11.5. The van der Waals surface area contributed by atoms with Gasteiger partial charge in [0.2, 0.25) is 5.91 Å². The lowest BCUT2D eigenvalue weighted by Crippen LogP contribution is -2.56. The van der Waals surface area contributed by atoms with Crippen LogP contribution in [0, 0.1) is 18.8 Å². The molecule has 0 radical (unpaired) electrons. The summed E-state index contributed by atoms with van der Waals surface area (Å²) in [5, 5.41) is 6.39. The van der Waals surface area contributed by atoms with Crippen LogP contribution in [0.1, 0.15) is 5.69 Å². The molecule has 10 heteroatoms. The highest BCUT2D eigenvalue weighted by Crippen LogP contribution is 2.59. The largest absolute Gasteiger partial charge is 0.379 e. The number of ether oxygens (including phenoxy) is 1. The summed E-state index contributed by atoms with van der Waals surface area (Å²) >= 11 is 12.9. The number of nitrogens with two attached hydrogens (primary N) is 1. The van der Waals surface area contributed by atoms with Gasteiger partial charge in [-0.2, -0.15) is 9.61 Å². The van der Waals surface area contributed by atoms with E-state index in [-0.39, 0.29) is 17.7 Å². The summed E-state index contributed by atoms with van der Waals surface area (Å²) in [6.45, 7) is 6.18. The maximum absolute atomic E-state index is 12.8. The van der Waals surface area contributed by atoms with Gasteiger partial charge in [0.25, 0.3) is 0 Å². The van der Waals surface area contributed by atoms with Crippen LogP contribution in [0.3, 0.4) is 0 Å². The number of primary amides is 1. The van der Waals surface area contributed by atoms with Crippen molar-refractivity contribution in [1.29, 1.82) is 0 Å². The average molecular weight is 563 g/mol. The van der Waals surface area contributed by atoms with E-state index in [9.17, 15) is 4.79 Å². The number of benzene rings is 2. The zero-order valence-corrected chi connectivity index (χ0v) is 23.0. The van der Waals surface area contributed by atoms with Gasteiger partial charge in [-0.15, -0.1) is 0 Å². The van der Waals surface area contributed by atoms with Crippen molar-refractivity contribution >= 4 is 40.6 Å². The van der Waals surface area contributed by atoms with Gasteiger partial charge in [0.05, 0.1) is 23.8 Å². The number of fused-ring (bicyclic) bond motifs is 2. The van der Waals surface area contributed by atoms with Crippen molar-refractivity contribution in [2.75, 3.05) is 44.3 Å². The topological polar surface area (TPSA) is 89.0 Å². The number of morpholine rings is 1. The van der Waals surface area contributed by atoms with Crippen molar-refractivity contribution in [2.24, 2.45) is 17.6 Å². The molecule has 0 spiro atoms. The lowest BCUT2D eigenvalue weighted by molar-refractivity contribution is -0.128. The van der Waals surface area contributed by atoms with E-state index in [2.05, 4.69) is 15.9 Å². The summed E-state index contributed by atoms with van der Waals surface area (Å²) in [7, 11) is 0. The number of anilines is 1. The molecule has 7 rings (SSSR count). The van der Waals surface area contributed by atoms with E-state index >= 15 is 0 Å². The zero-order chi connectivity index (χ0) is 26.9. The Morgan fingerprint density at radius 1 is 1.05 bits per heavy atom. The lowest BCUT2D eigenvalue weighted by Gasteiger charge is -2.37. The molecule has 4 aromatic rings. The zero-order valence-electron chi connectivity index (χ0n) is 21.5. The van der Waals surface area contributed by atoms with Crippen molar-refractivity contribution < 1.29 is 9.53 Å². The third-order valence-electron chi connectivity index (χ3n) is 8.55. The molecule has 2 saturated heterocycles. The van der Waals surface area contributed by atoms with Crippen LogP contribution in [0.4, 0.5) is 5.82 Å². The Balaban J connectivity index is 1.33. The molecular formula is C29H28Cl2N6O2. The van der Waals surface area contributed by atoms with E-state index in [1.54, 1.807) is 0 Å². The second kappa shape index (κ2) is 9.20. The van der Waals surface area contributed by atoms with E-state index in [1.165, 1.54) is 0 Å². The van der Waals surface area contributed by atoms with E-state index in [0.717, 1.165) is 65.7 Å². The number of nitrogens with zero attached hydrogens (tertiary/aromatic N) is 5. The van der Waals surface area contributed by atoms with Gasteiger partial charge >= 0.3 is 0 Å². The number of aryl methyl sites for hydroxylation is 1. The Labute approximate surface area is 236 Å². The number of rotatable bonds is 5. The Bertz CT molecular complexity index is 1590. The molecule has 1 saturated carbocycles. The van der Waals surface area contributed by atoms with Gasteiger partial charge in [-0.25, -0.2) is 4.98 Å². The molecule has 2 aromatic heterocycles. The number of hydrogen-bond acceptors (Lipinski definition) is 6. The first-order chi connectivity index (χ1) is 18.9. The highest BCUT2D eigenvalue weighted by Gasteiger charge is 2.74. The maximum atomic E-state index is 12.8. The van der Waals surface area contributed by atoms with Gasteiger partial charge in [-0.05, 0) is 30.7 Å². The monoisotopic (exact) mass is 562 g/mol. The highest BCUT2D eigenvalue weighted by atomic mass is 35.5. The number of piperidine rings is 1. The van der Waals surface area contributed by atoms with Gasteiger partial charge in [0, 0.05) is 60.4 Å². The van der Waals surface area contributed by atoms with E-state index < -0.39 is 5.54 Å². The highest BCUT2D eigenvalue weighted by molar-refractivity contribution is 6.33. The van der Waals surface area contributed by atoms with Crippen molar-refractivity contribution in [2.45, 2.75) is 12.5 Å². The summed E-state index contributed by atoms with van der Waals surface area (Å²) in [5.74, 6) is 1.07. The van der Waals surface area contributed by atoms with Crippen LogP contribution < -0.4 is 10.6 Å². The van der Waals surface area contributed by atoms with Crippen molar-refractivity contribution in [3.05, 3.63) is 70.3 Å². The first-order valence-corrected chi connectivity index (χ1v) is 13.9. The first kappa shape index (κ1) is 24.8. The predicted octanol–water partition coefficient (Wildman–Crippen LogP) is 4.30. The smallest absolute Gasteiger partial charge is 0.238 e. The third kappa shape index (κ3) is 3.77. The molecule has 39 heavy (non-hydrogen) atoms. The molecule has 3 fully saturated rings. The van der Waals surface area contributed by atoms with Crippen molar-refractivity contribution in [3.8, 4) is 22.4 Å². The van der Waals surface area contributed by atoms with Crippen LogP contribution in [0.2, 0.25) is 10.0 Å². The molecule has 3 atom stereocenters. The summed E-state index contributed by atoms with van der Waals surface area (Å²) < 4.78 is 7.46. The number of hydrogen-bond donors (Lipinski definition) is 1. The molecule has 1 amide bonds. The third-order valence-corrected chi connectivity index (χ3v) is 9.14. The van der Waals surface area contributed by atoms with Crippen molar-refractivity contribution in [3.63, 3.8) is 0 Å². The van der Waals surface area contributed by atoms with Gasteiger partial charge < -0.3 is 15.4 Å². The number of halogens is 2. The molecule has 0 bridgehead atoms. The molecule has 2 N–H and O–H groups in total. The molecule has 1 unspecified atom stereocenters. The number of amides is 1. The molecule has 3 aliphatic rings. The Morgan fingerprint density at radius 2 is 1.74 bits per heavy atom. The Morgan fingerprint density at radius 3 is 2.41 bits per heavy atom. The van der Waals surface area contributed by atoms with Gasteiger partial charge in [0.1, 0.15) is 17.1 Å². The summed E-state index contributed by atoms with van der Waals surface area (Å²) in [4.78, 5) is 22.3. The number of aromatic nitrogens is 3. The SMILES string of the molecule is Cc1cc(N2C[C@@H]3[C@H](C2)C3(C(N)=O)N2CCOCC2)n2nc(-c3ccccc3Cl)c(-c3ccc(Cl)cc3)c2n1. The van der Waals surface area contributed by atoms with Gasteiger partial charge in [0.15, 0.2) is 5.65 Å². The number of carbonyl (C=O) groups excluding carboxylic acids is 1. The summed E-state index contributed by atoms with van der Waals surface area (Å²) in [6, 6.07) is 17.5. The maximum Gasteiger partial charge on any atom is 0.238 e. The number of carbonyl (C=O) groups is 1. The standard InChI is InChI=1S/C29H28Cl2N6O2/c1-17-14-24(35-15-21-22(16-35)29(21,28(32)38)36-10-12-39-13-11-36)37-27(33-17)25(18-6-8-19(30)9-7-18)26(34-37)20-4-2-3-5-23(20)31/h2-9,14,21-22H,10-13,15-16H2,1H3,(H2,32,38)/t21-,22+,29?. The Kier molecular flexibility index (Phi) is 5.86. The van der Waals surface area contributed by atoms with Crippen LogP contribution in [-0.2, 0) is 9.53 Å². The fraction of sp³-hybridized carbons (Fsp3) is 0.345. The summed E-state index contributed by atoms with van der Waals surface area (Å²) in [6.07, 6.45) is 0. The molecule has 1 aliphatic carbocycles. The summed E-state index contributed by atoms with van der Waals surface area (Å²) in [5.41, 5.74) is 10.5. The van der Waals surface area contributed by atoms with E-state index in [4.69, 9.17) is 43.8 Å². The van der Waals surface area contributed by atoms with E-state index in [0.29, 0.717) is 23.3 Å². The second-order valence-electron chi connectivity index (χ2n) is 10.6. The van der Waals surface area contributed by atoms with E-state index in [1.807, 2.05) is 60.0 Å². The Hall–Kier alpha value is -3.17. The molecular weight excluding hydrogens is 535 g/mol. The average Bonchev–Trinajstić information content (AvgIpc) is 3.20. The fourth-order valence-electron chi connectivity index (χ4n) is 6.78. The first-order valence-electron chi connectivity index (χ1n) is 13.2. The minimum Gasteiger partial charge on any atom is -0.379 e.